The summed E-state index contributed by atoms with van der Waals surface area (Å²) in [6.07, 6.45) is 6.87. The number of carbonyl (C=O) groups is 2. The van der Waals surface area contributed by atoms with Crippen LogP contribution in [0.15, 0.2) is 6.20 Å². The molecule has 5 aliphatic rings. The van der Waals surface area contributed by atoms with Crippen LogP contribution in [0, 0.1) is 29.1 Å². The topological polar surface area (TPSA) is 92.2 Å². The number of hydrogen-bond donors (Lipinski definition) is 2. The van der Waals surface area contributed by atoms with Gasteiger partial charge >= 0.3 is 5.97 Å². The van der Waals surface area contributed by atoms with E-state index in [0.29, 0.717) is 24.2 Å². The van der Waals surface area contributed by atoms with Crippen molar-refractivity contribution in [2.75, 3.05) is 0 Å². The van der Waals surface area contributed by atoms with E-state index in [1.165, 1.54) is 0 Å². The Balaban J connectivity index is 1.31. The van der Waals surface area contributed by atoms with Gasteiger partial charge in [-0.05, 0) is 55.4 Å². The van der Waals surface area contributed by atoms with Crippen LogP contribution in [0.25, 0.3) is 0 Å². The number of amides is 1. The fraction of sp³-hybridized carbons (Fsp3) is 0.684. The van der Waals surface area contributed by atoms with Gasteiger partial charge in [0.1, 0.15) is 5.82 Å². The molecule has 132 valence electrons. The summed E-state index contributed by atoms with van der Waals surface area (Å²) in [7, 11) is 0. The van der Waals surface area contributed by atoms with Crippen molar-refractivity contribution in [3.63, 3.8) is 0 Å². The lowest BCUT2D eigenvalue weighted by Crippen LogP contribution is -2.47. The highest BCUT2D eigenvalue weighted by Crippen LogP contribution is 2.79. The maximum atomic E-state index is 12.8. The van der Waals surface area contributed by atoms with Gasteiger partial charge in [0.25, 0.3) is 0 Å². The largest absolute Gasteiger partial charge is 0.481 e. The molecule has 6 rings (SSSR count). The van der Waals surface area contributed by atoms with Gasteiger partial charge in [-0.25, -0.2) is 9.97 Å². The molecule has 1 heterocycles. The normalized spacial score (nSPS) is 39.8. The molecule has 4 atom stereocenters. The number of hydrogen-bond acceptors (Lipinski definition) is 4. The average molecular weight is 341 g/mol. The fourth-order valence-corrected chi connectivity index (χ4v) is 6.06. The predicted octanol–water partition coefficient (Wildman–Crippen LogP) is 1.37. The summed E-state index contributed by atoms with van der Waals surface area (Å²) in [5, 5.41) is 12.9. The van der Waals surface area contributed by atoms with Crippen LogP contribution in [-0.2, 0) is 28.9 Å². The van der Waals surface area contributed by atoms with Gasteiger partial charge in [0, 0.05) is 30.3 Å². The maximum Gasteiger partial charge on any atom is 0.312 e. The lowest BCUT2D eigenvalue weighted by atomic mass is 9.86. The van der Waals surface area contributed by atoms with Crippen molar-refractivity contribution in [2.24, 2.45) is 29.1 Å². The van der Waals surface area contributed by atoms with E-state index in [0.717, 1.165) is 49.2 Å². The molecule has 6 nitrogen and oxygen atoms in total. The van der Waals surface area contributed by atoms with Gasteiger partial charge < -0.3 is 10.4 Å². The summed E-state index contributed by atoms with van der Waals surface area (Å²) < 4.78 is 0. The fourth-order valence-electron chi connectivity index (χ4n) is 6.06. The van der Waals surface area contributed by atoms with E-state index >= 15 is 0 Å². The van der Waals surface area contributed by atoms with Crippen LogP contribution in [0.2, 0.25) is 0 Å². The third kappa shape index (κ3) is 1.91. The molecule has 4 unspecified atom stereocenters. The van der Waals surface area contributed by atoms with Crippen LogP contribution in [0.4, 0.5) is 0 Å². The first-order valence-electron chi connectivity index (χ1n) is 9.43. The maximum absolute atomic E-state index is 12.8. The lowest BCUT2D eigenvalue weighted by Gasteiger charge is -2.27. The number of carboxylic acid groups (broad SMARTS) is 1. The Hall–Kier alpha value is -1.98. The minimum Gasteiger partial charge on any atom is -0.481 e. The van der Waals surface area contributed by atoms with Gasteiger partial charge in [-0.1, -0.05) is 6.92 Å². The number of nitrogens with zero attached hydrogens (tertiary/aromatic N) is 2. The Kier molecular flexibility index (Phi) is 3.07. The highest BCUT2D eigenvalue weighted by Gasteiger charge is 2.83. The van der Waals surface area contributed by atoms with E-state index in [1.807, 2.05) is 13.1 Å². The van der Waals surface area contributed by atoms with Crippen molar-refractivity contribution in [3.8, 4) is 0 Å². The van der Waals surface area contributed by atoms with E-state index in [-0.39, 0.29) is 17.9 Å². The van der Waals surface area contributed by atoms with Crippen LogP contribution < -0.4 is 5.32 Å². The molecule has 6 heteroatoms. The van der Waals surface area contributed by atoms with Gasteiger partial charge in [-0.15, -0.1) is 0 Å². The van der Waals surface area contributed by atoms with Crippen molar-refractivity contribution in [1.82, 2.24) is 15.3 Å². The first-order chi connectivity index (χ1) is 12.1. The van der Waals surface area contributed by atoms with Crippen LogP contribution in [-0.4, -0.2) is 33.0 Å². The van der Waals surface area contributed by atoms with E-state index in [1.54, 1.807) is 0 Å². The molecular weight excluding hydrogens is 318 g/mol. The number of aryl methyl sites for hydroxylation is 2. The van der Waals surface area contributed by atoms with Crippen molar-refractivity contribution < 1.29 is 14.7 Å². The smallest absolute Gasteiger partial charge is 0.312 e. The van der Waals surface area contributed by atoms with E-state index in [9.17, 15) is 14.7 Å². The summed E-state index contributed by atoms with van der Waals surface area (Å²) in [5.74, 6) is 1.04. The first-order valence-corrected chi connectivity index (χ1v) is 9.43. The number of carboxylic acids is 1. The molecule has 0 spiro atoms. The summed E-state index contributed by atoms with van der Waals surface area (Å²) in [5.41, 5.74) is 1.49. The standard InChI is InChI=1S/C19H23N3O3/c1-2-15-20-8-11-5-9(3-4-14(11)21-15)17(23)22-16-10-6-12-13(7-10)19(12,16)18(24)25/h8-10,12-13,16H,2-7H2,1H3,(H,22,23)(H,24,25). The quantitative estimate of drug-likeness (QED) is 0.863. The number of rotatable bonds is 4. The first kappa shape index (κ1) is 15.3. The molecule has 0 radical (unpaired) electrons. The molecule has 1 aromatic rings. The van der Waals surface area contributed by atoms with Gasteiger partial charge in [0.05, 0.1) is 5.41 Å². The van der Waals surface area contributed by atoms with Crippen LogP contribution >= 0.6 is 0 Å². The third-order valence-electron chi connectivity index (χ3n) is 7.26. The molecule has 1 aromatic heterocycles. The van der Waals surface area contributed by atoms with Gasteiger partial charge in [-0.3, -0.25) is 9.59 Å². The molecule has 5 aliphatic carbocycles. The Morgan fingerprint density at radius 2 is 2.12 bits per heavy atom. The summed E-state index contributed by atoms with van der Waals surface area (Å²) in [6.45, 7) is 2.04. The monoisotopic (exact) mass is 341 g/mol. The Morgan fingerprint density at radius 1 is 1.36 bits per heavy atom. The predicted molar refractivity (Wildman–Crippen MR) is 88.6 cm³/mol. The summed E-state index contributed by atoms with van der Waals surface area (Å²) in [6, 6.07) is -0.160. The average Bonchev–Trinajstić information content (AvgIpc) is 2.96. The highest BCUT2D eigenvalue weighted by atomic mass is 16.4. The summed E-state index contributed by atoms with van der Waals surface area (Å²) in [4.78, 5) is 33.6. The van der Waals surface area contributed by atoms with E-state index in [2.05, 4.69) is 15.3 Å². The molecule has 4 fully saturated rings. The zero-order valence-electron chi connectivity index (χ0n) is 14.4. The SMILES string of the molecule is CCc1ncc2c(n1)CCC(C(=O)NC1C3CC4C(C3)C41C(=O)O)C2. The Bertz CT molecular complexity index is 765. The summed E-state index contributed by atoms with van der Waals surface area (Å²) >= 11 is 0. The van der Waals surface area contributed by atoms with E-state index < -0.39 is 11.4 Å². The highest BCUT2D eigenvalue weighted by molar-refractivity contribution is 5.86. The van der Waals surface area contributed by atoms with Gasteiger partial charge in [0.15, 0.2) is 0 Å². The van der Waals surface area contributed by atoms with Crippen molar-refractivity contribution >= 4 is 11.9 Å². The van der Waals surface area contributed by atoms with Crippen molar-refractivity contribution in [2.45, 2.75) is 51.5 Å². The molecule has 0 aliphatic heterocycles. The third-order valence-corrected chi connectivity index (χ3v) is 7.26. The number of fused-ring (bicyclic) bond motifs is 1. The molecule has 0 saturated heterocycles. The molecule has 25 heavy (non-hydrogen) atoms. The number of carbonyl (C=O) groups excluding carboxylic acids is 1. The van der Waals surface area contributed by atoms with Gasteiger partial charge in [0.2, 0.25) is 5.91 Å². The van der Waals surface area contributed by atoms with Crippen LogP contribution in [0.3, 0.4) is 0 Å². The van der Waals surface area contributed by atoms with Gasteiger partial charge in [-0.2, -0.15) is 0 Å². The molecule has 4 bridgehead atoms. The van der Waals surface area contributed by atoms with Crippen LogP contribution in [0.1, 0.15) is 43.3 Å². The molecule has 4 saturated carbocycles. The van der Waals surface area contributed by atoms with Crippen molar-refractivity contribution in [3.05, 3.63) is 23.3 Å². The second kappa shape index (κ2) is 5.02. The van der Waals surface area contributed by atoms with E-state index in [4.69, 9.17) is 0 Å². The zero-order chi connectivity index (χ0) is 17.3. The number of aliphatic carboxylic acids is 1. The lowest BCUT2D eigenvalue weighted by molar-refractivity contribution is -0.145. The molecule has 1 amide bonds. The molecule has 0 aromatic carbocycles. The minimum atomic E-state index is -0.706. The number of nitrogens with one attached hydrogen (secondary N) is 1. The Labute approximate surface area is 146 Å². The molecular formula is C19H23N3O3. The van der Waals surface area contributed by atoms with Crippen molar-refractivity contribution in [1.29, 1.82) is 0 Å². The molecule has 2 N–H and O–H groups in total. The number of aromatic nitrogens is 2. The minimum absolute atomic E-state index is 0.0223. The van der Waals surface area contributed by atoms with Crippen LogP contribution in [0.5, 0.6) is 0 Å². The second-order valence-electron chi connectivity index (χ2n) is 8.22. The second-order valence-corrected chi connectivity index (χ2v) is 8.22. The Morgan fingerprint density at radius 3 is 2.80 bits per heavy atom. The zero-order valence-corrected chi connectivity index (χ0v) is 14.4.